The SMILES string of the molecule is CN(Cc1cccc2c1CCN2)C(=O)c1cc(C(=O)NC2CC2)c[nH]c1=O. The molecule has 2 amide bonds. The van der Waals surface area contributed by atoms with Crippen molar-refractivity contribution in [3.05, 3.63) is 63.1 Å². The maximum Gasteiger partial charge on any atom is 0.260 e. The number of pyridine rings is 1. The molecule has 0 atom stereocenters. The first-order valence-corrected chi connectivity index (χ1v) is 9.16. The Balaban J connectivity index is 1.54. The summed E-state index contributed by atoms with van der Waals surface area (Å²) in [6, 6.07) is 7.58. The van der Waals surface area contributed by atoms with Crippen LogP contribution in [0.15, 0.2) is 35.3 Å². The molecule has 1 aromatic carbocycles. The zero-order valence-corrected chi connectivity index (χ0v) is 15.2. The quantitative estimate of drug-likeness (QED) is 0.748. The first-order valence-electron chi connectivity index (χ1n) is 9.16. The van der Waals surface area contributed by atoms with E-state index in [9.17, 15) is 14.4 Å². The average Bonchev–Trinajstić information content (AvgIpc) is 3.33. The minimum Gasteiger partial charge on any atom is -0.384 e. The number of amides is 2. The molecule has 7 nitrogen and oxygen atoms in total. The largest absolute Gasteiger partial charge is 0.384 e. The highest BCUT2D eigenvalue weighted by molar-refractivity contribution is 5.99. The number of aromatic nitrogens is 1. The summed E-state index contributed by atoms with van der Waals surface area (Å²) >= 11 is 0. The van der Waals surface area contributed by atoms with E-state index in [0.29, 0.717) is 12.1 Å². The number of nitrogens with zero attached hydrogens (tertiary/aromatic N) is 1. The van der Waals surface area contributed by atoms with E-state index in [-0.39, 0.29) is 17.5 Å². The van der Waals surface area contributed by atoms with Crippen molar-refractivity contribution in [1.29, 1.82) is 0 Å². The second-order valence-electron chi connectivity index (χ2n) is 7.16. The van der Waals surface area contributed by atoms with Crippen molar-refractivity contribution in [2.75, 3.05) is 18.9 Å². The van der Waals surface area contributed by atoms with Crippen LogP contribution in [0, 0.1) is 0 Å². The van der Waals surface area contributed by atoms with Crippen LogP contribution in [0.5, 0.6) is 0 Å². The van der Waals surface area contributed by atoms with Crippen molar-refractivity contribution >= 4 is 17.5 Å². The van der Waals surface area contributed by atoms with Crippen molar-refractivity contribution < 1.29 is 9.59 Å². The molecule has 0 spiro atoms. The van der Waals surface area contributed by atoms with Crippen molar-refractivity contribution in [2.45, 2.75) is 31.8 Å². The Bertz CT molecular complexity index is 962. The molecule has 140 valence electrons. The van der Waals surface area contributed by atoms with E-state index < -0.39 is 11.5 Å². The Morgan fingerprint density at radius 3 is 2.89 bits per heavy atom. The number of H-pyrrole nitrogens is 1. The zero-order valence-electron chi connectivity index (χ0n) is 15.2. The van der Waals surface area contributed by atoms with Gasteiger partial charge in [0.25, 0.3) is 17.4 Å². The van der Waals surface area contributed by atoms with E-state index in [1.165, 1.54) is 22.7 Å². The van der Waals surface area contributed by atoms with E-state index in [2.05, 4.69) is 15.6 Å². The Kier molecular flexibility index (Phi) is 4.43. The summed E-state index contributed by atoms with van der Waals surface area (Å²) in [6.45, 7) is 1.30. The lowest BCUT2D eigenvalue weighted by Crippen LogP contribution is -2.33. The van der Waals surface area contributed by atoms with Gasteiger partial charge in [0.05, 0.1) is 5.56 Å². The summed E-state index contributed by atoms with van der Waals surface area (Å²) in [4.78, 5) is 41.2. The van der Waals surface area contributed by atoms with E-state index in [0.717, 1.165) is 37.1 Å². The number of carbonyl (C=O) groups is 2. The van der Waals surface area contributed by atoms with Crippen LogP contribution >= 0.6 is 0 Å². The third-order valence-electron chi connectivity index (χ3n) is 5.03. The molecule has 27 heavy (non-hydrogen) atoms. The van der Waals surface area contributed by atoms with Crippen LogP contribution in [0.1, 0.15) is 44.7 Å². The Labute approximate surface area is 156 Å². The van der Waals surface area contributed by atoms with Gasteiger partial charge in [0.2, 0.25) is 0 Å². The van der Waals surface area contributed by atoms with Crippen molar-refractivity contribution in [2.24, 2.45) is 0 Å². The fraction of sp³-hybridized carbons (Fsp3) is 0.350. The molecule has 2 aromatic rings. The minimum atomic E-state index is -0.491. The van der Waals surface area contributed by atoms with E-state index >= 15 is 0 Å². The van der Waals surface area contributed by atoms with Crippen molar-refractivity contribution in [1.82, 2.24) is 15.2 Å². The van der Waals surface area contributed by atoms with Gasteiger partial charge < -0.3 is 20.5 Å². The monoisotopic (exact) mass is 366 g/mol. The van der Waals surface area contributed by atoms with Gasteiger partial charge in [-0.3, -0.25) is 14.4 Å². The summed E-state index contributed by atoms with van der Waals surface area (Å²) in [6.07, 6.45) is 4.22. The number of fused-ring (bicyclic) bond motifs is 1. The van der Waals surface area contributed by atoms with E-state index in [4.69, 9.17) is 0 Å². The maximum atomic E-state index is 12.8. The molecule has 0 unspecified atom stereocenters. The van der Waals surface area contributed by atoms with Gasteiger partial charge in [0.15, 0.2) is 0 Å². The molecule has 0 radical (unpaired) electrons. The van der Waals surface area contributed by atoms with Gasteiger partial charge in [0, 0.05) is 38.1 Å². The lowest BCUT2D eigenvalue weighted by molar-refractivity contribution is 0.0783. The number of nitrogens with one attached hydrogen (secondary N) is 3. The average molecular weight is 366 g/mol. The molecular weight excluding hydrogens is 344 g/mol. The van der Waals surface area contributed by atoms with Crippen LogP contribution in [0.25, 0.3) is 0 Å². The molecule has 1 saturated carbocycles. The van der Waals surface area contributed by atoms with Gasteiger partial charge in [-0.15, -0.1) is 0 Å². The van der Waals surface area contributed by atoms with Gasteiger partial charge in [0.1, 0.15) is 5.56 Å². The summed E-state index contributed by atoms with van der Waals surface area (Å²) < 4.78 is 0. The Hall–Kier alpha value is -3.09. The fourth-order valence-corrected chi connectivity index (χ4v) is 3.37. The molecule has 1 fully saturated rings. The molecule has 4 rings (SSSR count). The van der Waals surface area contributed by atoms with Crippen molar-refractivity contribution in [3.63, 3.8) is 0 Å². The number of anilines is 1. The maximum absolute atomic E-state index is 12.8. The van der Waals surface area contributed by atoms with Gasteiger partial charge >= 0.3 is 0 Å². The normalized spacial score (nSPS) is 15.0. The number of hydrogen-bond donors (Lipinski definition) is 3. The van der Waals surface area contributed by atoms with Gasteiger partial charge in [-0.05, 0) is 42.5 Å². The summed E-state index contributed by atoms with van der Waals surface area (Å²) in [7, 11) is 1.67. The lowest BCUT2D eigenvalue weighted by Gasteiger charge is -2.19. The van der Waals surface area contributed by atoms with Crippen LogP contribution < -0.4 is 16.2 Å². The summed E-state index contributed by atoms with van der Waals surface area (Å²) in [5.41, 5.74) is 3.16. The molecule has 0 saturated heterocycles. The third kappa shape index (κ3) is 3.58. The standard InChI is InChI=1S/C20H22N4O3/c1-24(11-12-3-2-4-17-15(12)7-8-21-17)20(27)16-9-13(10-22-19(16)26)18(25)23-14-5-6-14/h2-4,9-10,14,21H,5-8,11H2,1H3,(H,22,26)(H,23,25). The van der Waals surface area contributed by atoms with Crippen molar-refractivity contribution in [3.8, 4) is 0 Å². The van der Waals surface area contributed by atoms with E-state index in [1.807, 2.05) is 18.2 Å². The highest BCUT2D eigenvalue weighted by Gasteiger charge is 2.25. The molecule has 1 aromatic heterocycles. The molecule has 2 heterocycles. The van der Waals surface area contributed by atoms with Crippen LogP contribution in [0.3, 0.4) is 0 Å². The number of carbonyl (C=O) groups excluding carboxylic acids is 2. The topological polar surface area (TPSA) is 94.3 Å². The van der Waals surface area contributed by atoms with Gasteiger partial charge in [-0.2, -0.15) is 0 Å². The second kappa shape index (κ2) is 6.90. The Morgan fingerprint density at radius 1 is 1.30 bits per heavy atom. The molecule has 2 aliphatic rings. The molecule has 1 aliphatic carbocycles. The van der Waals surface area contributed by atoms with Crippen LogP contribution in [-0.2, 0) is 13.0 Å². The number of hydrogen-bond acceptors (Lipinski definition) is 4. The molecule has 1 aliphatic heterocycles. The number of benzene rings is 1. The number of rotatable bonds is 5. The van der Waals surface area contributed by atoms with Crippen LogP contribution in [0.4, 0.5) is 5.69 Å². The lowest BCUT2D eigenvalue weighted by atomic mass is 10.0. The zero-order chi connectivity index (χ0) is 19.0. The third-order valence-corrected chi connectivity index (χ3v) is 5.03. The second-order valence-corrected chi connectivity index (χ2v) is 7.16. The fourth-order valence-electron chi connectivity index (χ4n) is 3.37. The predicted molar refractivity (Wildman–Crippen MR) is 102 cm³/mol. The summed E-state index contributed by atoms with van der Waals surface area (Å²) in [5.74, 6) is -0.668. The molecule has 7 heteroatoms. The smallest absolute Gasteiger partial charge is 0.260 e. The minimum absolute atomic E-state index is 0.0216. The molecule has 3 N–H and O–H groups in total. The van der Waals surface area contributed by atoms with Gasteiger partial charge in [-0.1, -0.05) is 12.1 Å². The Morgan fingerprint density at radius 2 is 2.11 bits per heavy atom. The number of aromatic amines is 1. The summed E-state index contributed by atoms with van der Waals surface area (Å²) in [5, 5.41) is 6.18. The van der Waals surface area contributed by atoms with Crippen LogP contribution in [0.2, 0.25) is 0 Å². The first kappa shape index (κ1) is 17.3. The van der Waals surface area contributed by atoms with Crippen LogP contribution in [-0.4, -0.2) is 41.3 Å². The molecule has 0 bridgehead atoms. The first-order chi connectivity index (χ1) is 13.0. The highest BCUT2D eigenvalue weighted by Crippen LogP contribution is 2.26. The molecular formula is C20H22N4O3. The van der Waals surface area contributed by atoms with Gasteiger partial charge in [-0.25, -0.2) is 0 Å². The highest BCUT2D eigenvalue weighted by atomic mass is 16.2. The predicted octanol–water partition coefficient (Wildman–Crippen LogP) is 1.51. The van der Waals surface area contributed by atoms with E-state index in [1.54, 1.807) is 7.05 Å².